The number of aryl methyl sites for hydroxylation is 1. The molecule has 2 N–H and O–H groups in total. The molecule has 3 aromatic heterocycles. The predicted octanol–water partition coefficient (Wildman–Crippen LogP) is 2.45. The van der Waals surface area contributed by atoms with E-state index in [2.05, 4.69) is 24.9 Å². The molecule has 0 aliphatic carbocycles. The first kappa shape index (κ1) is 23.3. The molecule has 11 nitrogen and oxygen atoms in total. The lowest BCUT2D eigenvalue weighted by Crippen LogP contribution is -2.12. The molecule has 14 heteroatoms. The summed E-state index contributed by atoms with van der Waals surface area (Å²) in [6, 6.07) is 6.66. The maximum Gasteiger partial charge on any atom is 0.387 e. The Morgan fingerprint density at radius 2 is 1.76 bits per heavy atom. The summed E-state index contributed by atoms with van der Waals surface area (Å²) < 4.78 is 66.6. The van der Waals surface area contributed by atoms with Gasteiger partial charge in [-0.1, -0.05) is 18.2 Å². The van der Waals surface area contributed by atoms with Crippen LogP contribution in [-0.2, 0) is 10.0 Å². The predicted molar refractivity (Wildman–Crippen MR) is 116 cm³/mol. The number of ether oxygens (including phenoxy) is 3. The number of nitrogens with zero attached hydrogens (tertiary/aromatic N) is 5. The number of hydrogen-bond acceptors (Lipinski definition) is 9. The normalized spacial score (nSPS) is 11.7. The van der Waals surface area contributed by atoms with E-state index in [9.17, 15) is 17.2 Å². The van der Waals surface area contributed by atoms with Crippen molar-refractivity contribution in [3.63, 3.8) is 0 Å². The van der Waals surface area contributed by atoms with Gasteiger partial charge in [-0.2, -0.15) is 28.9 Å². The third-order valence-electron chi connectivity index (χ3n) is 4.87. The first-order chi connectivity index (χ1) is 16.2. The van der Waals surface area contributed by atoms with Crippen LogP contribution in [0, 0.1) is 6.92 Å². The lowest BCUT2D eigenvalue weighted by molar-refractivity contribution is -0.0534. The zero-order valence-corrected chi connectivity index (χ0v) is 18.9. The lowest BCUT2D eigenvalue weighted by atomic mass is 10.0. The molecule has 4 aromatic rings. The van der Waals surface area contributed by atoms with Crippen molar-refractivity contribution in [2.24, 2.45) is 5.14 Å². The number of hydrogen-bond donors (Lipinski definition) is 1. The van der Waals surface area contributed by atoms with E-state index >= 15 is 0 Å². The van der Waals surface area contributed by atoms with Crippen molar-refractivity contribution in [3.05, 3.63) is 42.2 Å². The number of sulfonamides is 1. The third kappa shape index (κ3) is 4.08. The first-order valence-electron chi connectivity index (χ1n) is 9.56. The van der Waals surface area contributed by atoms with Crippen LogP contribution in [0.1, 0.15) is 5.56 Å². The van der Waals surface area contributed by atoms with Gasteiger partial charge in [0.15, 0.2) is 0 Å². The smallest absolute Gasteiger partial charge is 0.387 e. The van der Waals surface area contributed by atoms with Gasteiger partial charge in [0, 0.05) is 23.3 Å². The van der Waals surface area contributed by atoms with Crippen LogP contribution >= 0.6 is 0 Å². The van der Waals surface area contributed by atoms with E-state index in [1.54, 1.807) is 24.3 Å². The van der Waals surface area contributed by atoms with Crippen molar-refractivity contribution >= 4 is 20.9 Å². The summed E-state index contributed by atoms with van der Waals surface area (Å²) in [6.45, 7) is -1.37. The Kier molecular flexibility index (Phi) is 6.01. The van der Waals surface area contributed by atoms with Crippen LogP contribution in [-0.4, -0.2) is 54.0 Å². The van der Waals surface area contributed by atoms with Crippen molar-refractivity contribution in [2.75, 3.05) is 14.2 Å². The molecular weight excluding hydrogens is 474 g/mol. The zero-order valence-electron chi connectivity index (χ0n) is 18.1. The molecule has 0 amide bonds. The molecule has 1 aromatic carbocycles. The van der Waals surface area contributed by atoms with Gasteiger partial charge in [0.2, 0.25) is 21.7 Å². The second-order valence-corrected chi connectivity index (χ2v) is 8.45. The molecule has 0 aliphatic rings. The maximum atomic E-state index is 12.9. The van der Waals surface area contributed by atoms with Gasteiger partial charge in [0.25, 0.3) is 11.8 Å². The van der Waals surface area contributed by atoms with Crippen molar-refractivity contribution in [1.29, 1.82) is 0 Å². The van der Waals surface area contributed by atoms with Crippen LogP contribution in [0.5, 0.6) is 17.5 Å². The molecule has 0 spiro atoms. The number of benzene rings is 1. The molecule has 0 atom stereocenters. The summed E-state index contributed by atoms with van der Waals surface area (Å²) in [5, 5.41) is 13.8. The summed E-state index contributed by atoms with van der Waals surface area (Å²) in [5.41, 5.74) is 2.09. The van der Waals surface area contributed by atoms with Gasteiger partial charge in [-0.25, -0.2) is 13.6 Å². The van der Waals surface area contributed by atoms with Crippen molar-refractivity contribution in [2.45, 2.75) is 18.4 Å². The Labute approximate surface area is 192 Å². The minimum absolute atomic E-state index is 0.149. The number of halogens is 2. The van der Waals surface area contributed by atoms with Gasteiger partial charge in [0.1, 0.15) is 4.90 Å². The molecule has 0 bridgehead atoms. The number of fused-ring (bicyclic) bond motifs is 1. The van der Waals surface area contributed by atoms with Crippen LogP contribution < -0.4 is 19.3 Å². The van der Waals surface area contributed by atoms with E-state index in [4.69, 9.17) is 14.6 Å². The molecule has 0 radical (unpaired) electrons. The topological polar surface area (TPSA) is 144 Å². The van der Waals surface area contributed by atoms with Gasteiger partial charge in [-0.3, -0.25) is 4.57 Å². The van der Waals surface area contributed by atoms with Crippen LogP contribution in [0.15, 0.2) is 41.6 Å². The highest BCUT2D eigenvalue weighted by Crippen LogP contribution is 2.39. The van der Waals surface area contributed by atoms with Crippen LogP contribution in [0.4, 0.5) is 8.78 Å². The van der Waals surface area contributed by atoms with Crippen molar-refractivity contribution in [1.82, 2.24) is 24.7 Å². The molecule has 0 aliphatic heterocycles. The third-order valence-corrected chi connectivity index (χ3v) is 5.81. The number of primary sulfonamides is 1. The minimum Gasteiger partial charge on any atom is -0.478 e. The Morgan fingerprint density at radius 1 is 1.09 bits per heavy atom. The van der Waals surface area contributed by atoms with Crippen LogP contribution in [0.25, 0.3) is 28.1 Å². The number of aromatic nitrogens is 5. The van der Waals surface area contributed by atoms with Crippen LogP contribution in [0.3, 0.4) is 0 Å². The quantitative estimate of drug-likeness (QED) is 0.411. The largest absolute Gasteiger partial charge is 0.478 e. The highest BCUT2D eigenvalue weighted by molar-refractivity contribution is 7.89. The van der Waals surface area contributed by atoms with Crippen molar-refractivity contribution < 1.29 is 31.4 Å². The van der Waals surface area contributed by atoms with Gasteiger partial charge in [-0.05, 0) is 18.6 Å². The van der Waals surface area contributed by atoms with Gasteiger partial charge < -0.3 is 14.2 Å². The highest BCUT2D eigenvalue weighted by atomic mass is 32.2. The van der Waals surface area contributed by atoms with E-state index < -0.39 is 22.4 Å². The van der Waals surface area contributed by atoms with E-state index in [-0.39, 0.29) is 28.0 Å². The highest BCUT2D eigenvalue weighted by Gasteiger charge is 2.26. The monoisotopic (exact) mass is 492 g/mol. The van der Waals surface area contributed by atoms with E-state index in [1.807, 2.05) is 6.92 Å². The molecule has 0 saturated heterocycles. The standard InChI is InChI=1S/C20H18F2N6O5S/c1-10-7-8-24-27-14(10)12-6-4-5-11-13(34(23,29)30)9-28(15(11)12)20-25-17(31-2)16(33-19(21)22)18(26-20)32-3/h4-9,19H,1-3H3,(H2,23,29,30). The second-order valence-electron chi connectivity index (χ2n) is 6.92. The summed E-state index contributed by atoms with van der Waals surface area (Å²) in [5.74, 6) is -1.37. The fraction of sp³-hybridized carbons (Fsp3) is 0.200. The first-order valence-corrected chi connectivity index (χ1v) is 11.1. The number of rotatable bonds is 7. The molecule has 0 unspecified atom stereocenters. The van der Waals surface area contributed by atoms with E-state index in [0.717, 1.165) is 5.56 Å². The van der Waals surface area contributed by atoms with Crippen LogP contribution in [0.2, 0.25) is 0 Å². The number of para-hydroxylation sites is 1. The minimum atomic E-state index is -4.18. The SMILES string of the molecule is COc1nc(-n2cc(S(N)(=O)=O)c3cccc(-c4nnccc4C)c32)nc(OC)c1OC(F)F. The molecular formula is C20H18F2N6O5S. The molecule has 178 valence electrons. The van der Waals surface area contributed by atoms with Gasteiger partial charge >= 0.3 is 6.61 Å². The average molecular weight is 492 g/mol. The lowest BCUT2D eigenvalue weighted by Gasteiger charge is -2.15. The zero-order chi connectivity index (χ0) is 24.6. The molecule has 4 rings (SSSR count). The molecule has 0 saturated carbocycles. The van der Waals surface area contributed by atoms with Crippen molar-refractivity contribution in [3.8, 4) is 34.7 Å². The summed E-state index contributed by atoms with van der Waals surface area (Å²) in [4.78, 5) is 8.08. The molecule has 34 heavy (non-hydrogen) atoms. The Hall–Kier alpha value is -3.91. The van der Waals surface area contributed by atoms with Gasteiger partial charge in [0.05, 0.1) is 25.4 Å². The van der Waals surface area contributed by atoms with E-state index in [0.29, 0.717) is 16.8 Å². The second kappa shape index (κ2) is 8.79. The van der Waals surface area contributed by atoms with E-state index in [1.165, 1.54) is 31.2 Å². The molecule has 0 fully saturated rings. The Bertz CT molecular complexity index is 1470. The molecule has 3 heterocycles. The summed E-state index contributed by atoms with van der Waals surface area (Å²) in [7, 11) is -1.79. The summed E-state index contributed by atoms with van der Waals surface area (Å²) >= 11 is 0. The number of nitrogens with two attached hydrogens (primary N) is 1. The fourth-order valence-electron chi connectivity index (χ4n) is 3.46. The van der Waals surface area contributed by atoms with Gasteiger partial charge in [-0.15, -0.1) is 0 Å². The fourth-order valence-corrected chi connectivity index (χ4v) is 4.19. The average Bonchev–Trinajstić information content (AvgIpc) is 3.20. The Morgan fingerprint density at radius 3 is 2.32 bits per heavy atom. The summed E-state index contributed by atoms with van der Waals surface area (Å²) in [6.07, 6.45) is 2.74. The Balaban J connectivity index is 2.10. The maximum absolute atomic E-state index is 12.9. The number of alkyl halides is 2. The number of methoxy groups -OCH3 is 2.